The number of hydrogen-bond acceptors (Lipinski definition) is 3. The maximum Gasteiger partial charge on any atom is 0.408 e. The van der Waals surface area contributed by atoms with Crippen LogP contribution in [0.15, 0.2) is 0 Å². The number of carbonyl (C=O) groups is 2. The Kier molecular flexibility index (Phi) is 3.17. The first-order valence-electron chi connectivity index (χ1n) is 5.36. The van der Waals surface area contributed by atoms with Crippen LogP contribution in [-0.4, -0.2) is 28.8 Å². The third-order valence-electron chi connectivity index (χ3n) is 2.64. The van der Waals surface area contributed by atoms with Crippen molar-refractivity contribution in [1.29, 1.82) is 0 Å². The van der Waals surface area contributed by atoms with Crippen molar-refractivity contribution in [3.8, 4) is 0 Å². The first-order chi connectivity index (χ1) is 7.14. The molecule has 1 aliphatic rings. The van der Waals surface area contributed by atoms with E-state index in [9.17, 15) is 9.59 Å². The number of carboxylic acid groups (broad SMARTS) is 1. The van der Waals surface area contributed by atoms with Gasteiger partial charge in [0.2, 0.25) is 0 Å². The molecule has 1 amide bonds. The zero-order valence-electron chi connectivity index (χ0n) is 10.2. The average Bonchev–Trinajstić information content (AvgIpc) is 2.76. The molecule has 0 aromatic rings. The molecule has 92 valence electrons. The van der Waals surface area contributed by atoms with E-state index in [0.29, 0.717) is 0 Å². The van der Waals surface area contributed by atoms with Crippen LogP contribution in [0.5, 0.6) is 0 Å². The molecular formula is C11H19NO4. The highest BCUT2D eigenvalue weighted by atomic mass is 16.6. The molecule has 1 saturated carbocycles. The molecule has 1 fully saturated rings. The molecule has 0 aromatic carbocycles. The molecule has 0 unspecified atom stereocenters. The lowest BCUT2D eigenvalue weighted by Gasteiger charge is -2.24. The minimum absolute atomic E-state index is 0.317. The van der Waals surface area contributed by atoms with Gasteiger partial charge in [-0.2, -0.15) is 0 Å². The minimum Gasteiger partial charge on any atom is -0.480 e. The van der Waals surface area contributed by atoms with E-state index in [1.165, 1.54) is 0 Å². The number of hydrogen-bond donors (Lipinski definition) is 2. The lowest BCUT2D eigenvalue weighted by molar-refractivity contribution is -0.141. The molecule has 16 heavy (non-hydrogen) atoms. The zero-order valence-corrected chi connectivity index (χ0v) is 10.2. The second-order valence-electron chi connectivity index (χ2n) is 5.57. The van der Waals surface area contributed by atoms with Crippen LogP contribution in [0.4, 0.5) is 4.79 Å². The van der Waals surface area contributed by atoms with E-state index in [0.717, 1.165) is 12.8 Å². The number of alkyl carbamates (subject to hydrolysis) is 1. The second-order valence-corrected chi connectivity index (χ2v) is 5.57. The Hall–Kier alpha value is -1.26. The number of carboxylic acids is 1. The summed E-state index contributed by atoms with van der Waals surface area (Å²) in [7, 11) is 0. The van der Waals surface area contributed by atoms with Gasteiger partial charge < -0.3 is 15.2 Å². The van der Waals surface area contributed by atoms with Crippen LogP contribution in [0.3, 0.4) is 0 Å². The van der Waals surface area contributed by atoms with Crippen LogP contribution < -0.4 is 5.32 Å². The molecule has 0 spiro atoms. The van der Waals surface area contributed by atoms with E-state index in [4.69, 9.17) is 9.84 Å². The van der Waals surface area contributed by atoms with Gasteiger partial charge in [0.1, 0.15) is 11.6 Å². The zero-order chi connectivity index (χ0) is 12.6. The maximum atomic E-state index is 11.5. The van der Waals surface area contributed by atoms with Crippen molar-refractivity contribution >= 4 is 12.1 Å². The number of ether oxygens (including phenoxy) is 1. The summed E-state index contributed by atoms with van der Waals surface area (Å²) in [5.74, 6) is -1.01. The van der Waals surface area contributed by atoms with Crippen LogP contribution in [0.1, 0.15) is 40.5 Å². The van der Waals surface area contributed by atoms with Crippen molar-refractivity contribution in [2.45, 2.75) is 52.2 Å². The molecule has 0 aliphatic heterocycles. The van der Waals surface area contributed by atoms with E-state index in [1.807, 2.05) is 6.92 Å². The summed E-state index contributed by atoms with van der Waals surface area (Å²) < 4.78 is 5.03. The molecule has 5 heteroatoms. The van der Waals surface area contributed by atoms with Gasteiger partial charge in [-0.25, -0.2) is 9.59 Å². The standard InChI is InChI=1S/C11H19NO4/c1-10(2,3)16-9(15)12-7(8(13)14)11(4)5-6-11/h7H,5-6H2,1-4H3,(H,12,15)(H,13,14)/t7-/m1/s1. The normalized spacial score (nSPS) is 19.8. The summed E-state index contributed by atoms with van der Waals surface area (Å²) in [5.41, 5.74) is -0.930. The van der Waals surface area contributed by atoms with Gasteiger partial charge in [0.15, 0.2) is 0 Å². The van der Waals surface area contributed by atoms with Crippen LogP contribution in [0.2, 0.25) is 0 Å². The summed E-state index contributed by atoms with van der Waals surface area (Å²) in [4.78, 5) is 22.5. The maximum absolute atomic E-state index is 11.5. The van der Waals surface area contributed by atoms with Crippen molar-refractivity contribution in [3.63, 3.8) is 0 Å². The van der Waals surface area contributed by atoms with Crippen LogP contribution >= 0.6 is 0 Å². The Labute approximate surface area is 95.2 Å². The van der Waals surface area contributed by atoms with Gasteiger partial charge in [0.05, 0.1) is 0 Å². The van der Waals surface area contributed by atoms with Gasteiger partial charge in [0.25, 0.3) is 0 Å². The SMILES string of the molecule is CC(C)(C)OC(=O)N[C@H](C(=O)O)C1(C)CC1. The topological polar surface area (TPSA) is 75.6 Å². The van der Waals surface area contributed by atoms with Gasteiger partial charge in [0, 0.05) is 0 Å². The number of aliphatic carboxylic acids is 1. The van der Waals surface area contributed by atoms with Gasteiger partial charge in [-0.15, -0.1) is 0 Å². The largest absolute Gasteiger partial charge is 0.480 e. The fraction of sp³-hybridized carbons (Fsp3) is 0.818. The Balaban J connectivity index is 2.57. The van der Waals surface area contributed by atoms with E-state index in [-0.39, 0.29) is 5.41 Å². The summed E-state index contributed by atoms with van der Waals surface area (Å²) in [6.07, 6.45) is 0.965. The first kappa shape index (κ1) is 12.8. The van der Waals surface area contributed by atoms with Crippen molar-refractivity contribution in [3.05, 3.63) is 0 Å². The molecule has 0 bridgehead atoms. The summed E-state index contributed by atoms with van der Waals surface area (Å²) >= 11 is 0. The Morgan fingerprint density at radius 1 is 1.38 bits per heavy atom. The quantitative estimate of drug-likeness (QED) is 0.773. The molecule has 2 N–H and O–H groups in total. The molecule has 0 radical (unpaired) electrons. The van der Waals surface area contributed by atoms with Gasteiger partial charge in [-0.1, -0.05) is 6.92 Å². The summed E-state index contributed by atoms with van der Waals surface area (Å²) in [6, 6.07) is -0.859. The third-order valence-corrected chi connectivity index (χ3v) is 2.64. The highest BCUT2D eigenvalue weighted by Crippen LogP contribution is 2.48. The highest BCUT2D eigenvalue weighted by molar-refractivity contribution is 5.81. The molecule has 0 saturated heterocycles. The van der Waals surface area contributed by atoms with E-state index < -0.39 is 23.7 Å². The molecule has 0 heterocycles. The summed E-state index contributed by atoms with van der Waals surface area (Å²) in [5, 5.41) is 11.4. The van der Waals surface area contributed by atoms with Gasteiger partial charge >= 0.3 is 12.1 Å². The van der Waals surface area contributed by atoms with Crippen LogP contribution in [0, 0.1) is 5.41 Å². The smallest absolute Gasteiger partial charge is 0.408 e. The van der Waals surface area contributed by atoms with E-state index in [2.05, 4.69) is 5.32 Å². The average molecular weight is 229 g/mol. The van der Waals surface area contributed by atoms with E-state index >= 15 is 0 Å². The van der Waals surface area contributed by atoms with Gasteiger partial charge in [-0.3, -0.25) is 0 Å². The van der Waals surface area contributed by atoms with Crippen molar-refractivity contribution < 1.29 is 19.4 Å². The molecule has 1 atom stereocenters. The van der Waals surface area contributed by atoms with Crippen LogP contribution in [0.25, 0.3) is 0 Å². The van der Waals surface area contributed by atoms with Crippen LogP contribution in [-0.2, 0) is 9.53 Å². The Morgan fingerprint density at radius 2 is 1.88 bits per heavy atom. The van der Waals surface area contributed by atoms with Crippen molar-refractivity contribution in [2.24, 2.45) is 5.41 Å². The highest BCUT2D eigenvalue weighted by Gasteiger charge is 2.49. The minimum atomic E-state index is -1.01. The molecule has 0 aromatic heterocycles. The second kappa shape index (κ2) is 3.96. The Bertz CT molecular complexity index is 302. The fourth-order valence-corrected chi connectivity index (χ4v) is 1.45. The monoisotopic (exact) mass is 229 g/mol. The van der Waals surface area contributed by atoms with Crippen molar-refractivity contribution in [1.82, 2.24) is 5.32 Å². The number of carbonyl (C=O) groups excluding carboxylic acids is 1. The number of nitrogens with one attached hydrogen (secondary N) is 1. The van der Waals surface area contributed by atoms with E-state index in [1.54, 1.807) is 20.8 Å². The lowest BCUT2D eigenvalue weighted by atomic mass is 9.99. The Morgan fingerprint density at radius 3 is 2.19 bits per heavy atom. The predicted molar refractivity (Wildman–Crippen MR) is 58.1 cm³/mol. The number of amides is 1. The number of rotatable bonds is 3. The third kappa shape index (κ3) is 3.40. The molecular weight excluding hydrogens is 210 g/mol. The molecule has 1 aliphatic carbocycles. The first-order valence-corrected chi connectivity index (χ1v) is 5.36. The lowest BCUT2D eigenvalue weighted by Crippen LogP contribution is -2.47. The molecule has 5 nitrogen and oxygen atoms in total. The molecule has 1 rings (SSSR count). The summed E-state index contributed by atoms with van der Waals surface area (Å²) in [6.45, 7) is 7.06. The predicted octanol–water partition coefficient (Wildman–Crippen LogP) is 1.76. The van der Waals surface area contributed by atoms with Gasteiger partial charge in [-0.05, 0) is 39.0 Å². The fourth-order valence-electron chi connectivity index (χ4n) is 1.45. The van der Waals surface area contributed by atoms with Crippen molar-refractivity contribution in [2.75, 3.05) is 0 Å².